The van der Waals surface area contributed by atoms with Crippen molar-refractivity contribution in [3.8, 4) is 11.1 Å². The normalized spacial score (nSPS) is 20.5. The van der Waals surface area contributed by atoms with E-state index in [1.807, 2.05) is 48.5 Å². The summed E-state index contributed by atoms with van der Waals surface area (Å²) < 4.78 is 0. The Balaban J connectivity index is 0.000000192. The third kappa shape index (κ3) is 7.92. The van der Waals surface area contributed by atoms with Crippen LogP contribution in [0.4, 0.5) is 5.69 Å². The smallest absolute Gasteiger partial charge is 0.0680 e. The third-order valence-electron chi connectivity index (χ3n) is 8.19. The fourth-order valence-electron chi connectivity index (χ4n) is 6.61. The second-order valence-electron chi connectivity index (χ2n) is 10.4. The van der Waals surface area contributed by atoms with E-state index in [2.05, 4.69) is 6.07 Å². The number of anilines is 1. The van der Waals surface area contributed by atoms with Crippen molar-refractivity contribution in [2.75, 3.05) is 5.73 Å². The van der Waals surface area contributed by atoms with Crippen LogP contribution in [0.1, 0.15) is 96.3 Å². The minimum Gasteiger partial charge on any atom is -0.406 e. The van der Waals surface area contributed by atoms with Gasteiger partial charge in [0.05, 0.1) is 17.0 Å². The molecule has 1 nitrogen and oxygen atoms in total. The maximum atomic E-state index is 5.83. The molecule has 3 fully saturated rings. The molecule has 184 valence electrons. The zero-order valence-corrected chi connectivity index (χ0v) is 22.9. The Morgan fingerprint density at radius 1 is 0.606 bits per heavy atom. The zero-order valence-electron chi connectivity index (χ0n) is 20.4. The molecule has 3 aliphatic rings. The summed E-state index contributed by atoms with van der Waals surface area (Å²) in [7, 11) is -0.0465. The van der Waals surface area contributed by atoms with Crippen LogP contribution < -0.4 is 5.73 Å². The van der Waals surface area contributed by atoms with Crippen LogP contribution >= 0.6 is 7.92 Å². The van der Waals surface area contributed by atoms with Gasteiger partial charge in [0, 0.05) is 28.3 Å². The average molecular weight is 556 g/mol. The number of benzene rings is 2. The molecular weight excluding hydrogens is 512 g/mol. The standard InChI is InChI=1S/C18H33P.C12H10N.Pd/c1-4-10-16(11-5-1)19(17-12-6-2-7-13-17)18-14-8-3-9-15-18;13-12-9-5-4-8-11(12)10-6-2-1-3-7-10;/h16-18H,1-15H2;1-6,8-9H,13H2;/q;-1;/p+1. The first-order chi connectivity index (χ1) is 15.8. The first-order valence-electron chi connectivity index (χ1n) is 13.5. The maximum absolute atomic E-state index is 5.83. The van der Waals surface area contributed by atoms with Crippen molar-refractivity contribution in [3.63, 3.8) is 0 Å². The van der Waals surface area contributed by atoms with Crippen LogP contribution in [0.3, 0.4) is 0 Å². The second kappa shape index (κ2) is 14.7. The molecular formula is C30H44NPPd. The average Bonchev–Trinajstić information content (AvgIpc) is 2.87. The van der Waals surface area contributed by atoms with E-state index in [0.717, 1.165) is 16.8 Å². The quantitative estimate of drug-likeness (QED) is 0.173. The van der Waals surface area contributed by atoms with E-state index in [0.29, 0.717) is 0 Å². The van der Waals surface area contributed by atoms with Gasteiger partial charge in [-0.3, -0.25) is 0 Å². The Labute approximate surface area is 218 Å². The molecule has 0 heterocycles. The Morgan fingerprint density at radius 3 is 1.48 bits per heavy atom. The Kier molecular flexibility index (Phi) is 12.0. The summed E-state index contributed by atoms with van der Waals surface area (Å²) in [6.45, 7) is 0. The van der Waals surface area contributed by atoms with Crippen molar-refractivity contribution in [1.82, 2.24) is 0 Å². The van der Waals surface area contributed by atoms with E-state index in [-0.39, 0.29) is 28.3 Å². The largest absolute Gasteiger partial charge is 0.406 e. The maximum Gasteiger partial charge on any atom is 0.0680 e. The van der Waals surface area contributed by atoms with Gasteiger partial charge in [0.1, 0.15) is 0 Å². The summed E-state index contributed by atoms with van der Waals surface area (Å²) >= 11 is 0. The third-order valence-corrected chi connectivity index (χ3v) is 12.8. The Morgan fingerprint density at radius 2 is 1.06 bits per heavy atom. The Hall–Kier alpha value is -0.668. The summed E-state index contributed by atoms with van der Waals surface area (Å²) in [5.74, 6) is 0. The van der Waals surface area contributed by atoms with Gasteiger partial charge >= 0.3 is 0 Å². The van der Waals surface area contributed by atoms with Crippen molar-refractivity contribution >= 4 is 13.6 Å². The van der Waals surface area contributed by atoms with Gasteiger partial charge in [0.15, 0.2) is 0 Å². The molecule has 3 aliphatic carbocycles. The van der Waals surface area contributed by atoms with Crippen molar-refractivity contribution in [2.24, 2.45) is 0 Å². The van der Waals surface area contributed by atoms with Gasteiger partial charge in [0.25, 0.3) is 0 Å². The van der Waals surface area contributed by atoms with E-state index < -0.39 is 0 Å². The number of nitrogens with two attached hydrogens (primary N) is 1. The molecule has 2 aromatic rings. The van der Waals surface area contributed by atoms with Gasteiger partial charge in [-0.15, -0.1) is 35.9 Å². The molecule has 0 amide bonds. The summed E-state index contributed by atoms with van der Waals surface area (Å²) in [6.07, 6.45) is 23.8. The van der Waals surface area contributed by atoms with Crippen molar-refractivity contribution in [1.29, 1.82) is 0 Å². The van der Waals surface area contributed by atoms with Crippen LogP contribution in [-0.4, -0.2) is 17.0 Å². The minimum absolute atomic E-state index is 0. The van der Waals surface area contributed by atoms with E-state index in [1.165, 1.54) is 17.0 Å². The van der Waals surface area contributed by atoms with Crippen LogP contribution in [0.2, 0.25) is 0 Å². The van der Waals surface area contributed by atoms with Gasteiger partial charge < -0.3 is 5.73 Å². The van der Waals surface area contributed by atoms with Gasteiger partial charge in [-0.25, -0.2) is 0 Å². The monoisotopic (exact) mass is 555 g/mol. The molecule has 3 heteroatoms. The molecule has 0 saturated heterocycles. The van der Waals surface area contributed by atoms with E-state index in [9.17, 15) is 0 Å². The molecule has 2 aromatic carbocycles. The number of rotatable bonds is 4. The van der Waals surface area contributed by atoms with Crippen LogP contribution in [0, 0.1) is 6.07 Å². The number of hydrogen-bond acceptors (Lipinski definition) is 1. The van der Waals surface area contributed by atoms with Crippen molar-refractivity contribution in [3.05, 3.63) is 54.6 Å². The molecule has 0 bridgehead atoms. The van der Waals surface area contributed by atoms with Gasteiger partial charge in [0.2, 0.25) is 0 Å². The first-order valence-corrected chi connectivity index (χ1v) is 15.2. The van der Waals surface area contributed by atoms with E-state index in [1.54, 1.807) is 96.3 Å². The number of nitrogen functional groups attached to an aromatic ring is 1. The predicted molar refractivity (Wildman–Crippen MR) is 144 cm³/mol. The molecule has 0 atom stereocenters. The molecule has 0 aliphatic heterocycles. The summed E-state index contributed by atoms with van der Waals surface area (Å²) in [4.78, 5) is 0. The fraction of sp³-hybridized carbons (Fsp3) is 0.600. The Bertz CT molecular complexity index is 734. The first kappa shape index (κ1) is 26.9. The topological polar surface area (TPSA) is 26.0 Å². The number of para-hydroxylation sites is 1. The van der Waals surface area contributed by atoms with Crippen LogP contribution in [0.15, 0.2) is 48.5 Å². The molecule has 0 spiro atoms. The van der Waals surface area contributed by atoms with Gasteiger partial charge in [-0.05, 0) is 88.8 Å². The minimum atomic E-state index is -0.0465. The van der Waals surface area contributed by atoms with Crippen LogP contribution in [-0.2, 0) is 20.4 Å². The molecule has 0 aromatic heterocycles. The molecule has 2 N–H and O–H groups in total. The molecule has 33 heavy (non-hydrogen) atoms. The summed E-state index contributed by atoms with van der Waals surface area (Å²) in [6, 6.07) is 18.8. The SMILES string of the molecule is C1CCC([PH+](C2CCCCC2)C2CCCCC2)CC1.Nc1ccccc1-c1[c-]cccc1.[Pd]. The summed E-state index contributed by atoms with van der Waals surface area (Å²) in [5, 5.41) is 0. The summed E-state index contributed by atoms with van der Waals surface area (Å²) in [5.41, 5.74) is 12.4. The van der Waals surface area contributed by atoms with Crippen molar-refractivity contribution in [2.45, 2.75) is 113 Å². The van der Waals surface area contributed by atoms with Crippen LogP contribution in [0.25, 0.3) is 11.1 Å². The zero-order chi connectivity index (χ0) is 22.0. The predicted octanol–water partition coefficient (Wildman–Crippen LogP) is 8.93. The molecule has 5 rings (SSSR count). The van der Waals surface area contributed by atoms with Crippen LogP contribution in [0.5, 0.6) is 0 Å². The van der Waals surface area contributed by atoms with Gasteiger partial charge in [-0.2, -0.15) is 0 Å². The molecule has 0 unspecified atom stereocenters. The second-order valence-corrected chi connectivity index (χ2v) is 13.8. The van der Waals surface area contributed by atoms with Gasteiger partial charge in [-0.1, -0.05) is 43.0 Å². The van der Waals surface area contributed by atoms with E-state index in [4.69, 9.17) is 5.73 Å². The molecule has 3 saturated carbocycles. The van der Waals surface area contributed by atoms with Crippen molar-refractivity contribution < 1.29 is 20.4 Å². The van der Waals surface area contributed by atoms with E-state index >= 15 is 0 Å². The fourth-order valence-corrected chi connectivity index (χ4v) is 11.8. The molecule has 0 radical (unpaired) electrons. The number of hydrogen-bond donors (Lipinski definition) is 1.